The van der Waals surface area contributed by atoms with Gasteiger partial charge in [-0.1, -0.05) is 11.6 Å². The molecule has 2 saturated heterocycles. The van der Waals surface area contributed by atoms with Gasteiger partial charge < -0.3 is 19.3 Å². The average molecular weight is 365 g/mol. The smallest absolute Gasteiger partial charge is 0.254 e. The van der Waals surface area contributed by atoms with Gasteiger partial charge >= 0.3 is 0 Å². The van der Waals surface area contributed by atoms with Crippen molar-refractivity contribution >= 4 is 23.4 Å². The third kappa shape index (κ3) is 3.15. The average Bonchev–Trinajstić information content (AvgIpc) is 3.32. The summed E-state index contributed by atoms with van der Waals surface area (Å²) in [6.45, 7) is 3.07. The Labute approximate surface area is 151 Å². The number of nitrogens with zero attached hydrogens (tertiary/aromatic N) is 2. The van der Waals surface area contributed by atoms with Crippen LogP contribution in [0.2, 0.25) is 5.02 Å². The number of hydrogen-bond donors (Lipinski definition) is 0. The molecule has 0 aromatic heterocycles. The topological polar surface area (TPSA) is 59.1 Å². The van der Waals surface area contributed by atoms with Gasteiger partial charge in [-0.2, -0.15) is 0 Å². The van der Waals surface area contributed by atoms with Crippen molar-refractivity contribution in [3.63, 3.8) is 0 Å². The van der Waals surface area contributed by atoms with E-state index in [4.69, 9.17) is 21.1 Å². The maximum absolute atomic E-state index is 12.8. The van der Waals surface area contributed by atoms with Crippen LogP contribution in [0, 0.1) is 5.92 Å². The Hall–Kier alpha value is -1.95. The van der Waals surface area contributed by atoms with Crippen LogP contribution in [0.25, 0.3) is 0 Å². The highest BCUT2D eigenvalue weighted by atomic mass is 35.5. The van der Waals surface area contributed by atoms with E-state index in [0.29, 0.717) is 35.2 Å². The molecule has 6 nitrogen and oxygen atoms in total. The standard InChI is InChI=1S/C18H21ClN2O4/c19-14-9-13(10-15-16(14)25-11-24-15)18(23)21-7-3-12(4-8-21)17(22)20-5-1-2-6-20/h9-10,12H,1-8,11H2. The normalized spacial score (nSPS) is 20.2. The molecule has 3 aliphatic heterocycles. The SMILES string of the molecule is O=C(c1cc(Cl)c2c(c1)OCO2)N1CCC(C(=O)N2CCCC2)CC1. The van der Waals surface area contributed by atoms with E-state index < -0.39 is 0 Å². The Morgan fingerprint density at radius 1 is 1.00 bits per heavy atom. The first-order valence-corrected chi connectivity index (χ1v) is 9.18. The monoisotopic (exact) mass is 364 g/mol. The zero-order valence-corrected chi connectivity index (χ0v) is 14.8. The van der Waals surface area contributed by atoms with Crippen LogP contribution in [-0.4, -0.2) is 54.6 Å². The van der Waals surface area contributed by atoms with Gasteiger partial charge in [-0.15, -0.1) is 0 Å². The summed E-state index contributed by atoms with van der Waals surface area (Å²) in [5, 5.41) is 0.387. The molecule has 7 heteroatoms. The molecule has 2 amide bonds. The summed E-state index contributed by atoms with van der Waals surface area (Å²) in [5.41, 5.74) is 0.499. The van der Waals surface area contributed by atoms with Gasteiger partial charge in [0.25, 0.3) is 5.91 Å². The van der Waals surface area contributed by atoms with E-state index in [0.717, 1.165) is 38.8 Å². The maximum Gasteiger partial charge on any atom is 0.254 e. The van der Waals surface area contributed by atoms with E-state index in [9.17, 15) is 9.59 Å². The summed E-state index contributed by atoms with van der Waals surface area (Å²) in [7, 11) is 0. The fraction of sp³-hybridized carbons (Fsp3) is 0.556. The third-order valence-corrected chi connectivity index (χ3v) is 5.50. The summed E-state index contributed by atoms with van der Waals surface area (Å²) in [4.78, 5) is 29.0. The highest BCUT2D eigenvalue weighted by Crippen LogP contribution is 2.40. The van der Waals surface area contributed by atoms with Crippen LogP contribution in [0.1, 0.15) is 36.0 Å². The van der Waals surface area contributed by atoms with Crippen molar-refractivity contribution in [2.45, 2.75) is 25.7 Å². The van der Waals surface area contributed by atoms with Gasteiger partial charge in [0.2, 0.25) is 12.7 Å². The minimum atomic E-state index is -0.0766. The van der Waals surface area contributed by atoms with Crippen LogP contribution in [0.4, 0.5) is 0 Å². The highest BCUT2D eigenvalue weighted by molar-refractivity contribution is 6.32. The van der Waals surface area contributed by atoms with E-state index >= 15 is 0 Å². The maximum atomic E-state index is 12.8. The zero-order valence-electron chi connectivity index (χ0n) is 14.0. The molecule has 1 aromatic rings. The number of rotatable bonds is 2. The van der Waals surface area contributed by atoms with E-state index in [1.54, 1.807) is 17.0 Å². The first kappa shape index (κ1) is 16.5. The molecular weight excluding hydrogens is 344 g/mol. The Bertz CT molecular complexity index is 695. The van der Waals surface area contributed by atoms with Crippen LogP contribution in [0.5, 0.6) is 11.5 Å². The fourth-order valence-electron chi connectivity index (χ4n) is 3.80. The van der Waals surface area contributed by atoms with Crippen molar-refractivity contribution < 1.29 is 19.1 Å². The summed E-state index contributed by atoms with van der Waals surface area (Å²) in [6, 6.07) is 3.30. The van der Waals surface area contributed by atoms with Crippen molar-refractivity contribution in [2.24, 2.45) is 5.92 Å². The van der Waals surface area contributed by atoms with E-state index in [-0.39, 0.29) is 24.5 Å². The summed E-state index contributed by atoms with van der Waals surface area (Å²) < 4.78 is 10.6. The van der Waals surface area contributed by atoms with Crippen LogP contribution in [0.3, 0.4) is 0 Å². The zero-order chi connectivity index (χ0) is 17.4. The lowest BCUT2D eigenvalue weighted by Crippen LogP contribution is -2.43. The number of carbonyl (C=O) groups is 2. The Kier molecular flexibility index (Phi) is 4.46. The molecule has 3 heterocycles. The largest absolute Gasteiger partial charge is 0.454 e. The van der Waals surface area contributed by atoms with E-state index in [1.807, 2.05) is 4.90 Å². The molecule has 4 rings (SSSR count). The molecule has 3 aliphatic rings. The summed E-state index contributed by atoms with van der Waals surface area (Å²) in [5.74, 6) is 1.23. The molecule has 0 aliphatic carbocycles. The minimum absolute atomic E-state index is 0.0440. The van der Waals surface area contributed by atoms with Crippen molar-refractivity contribution in [3.8, 4) is 11.5 Å². The van der Waals surface area contributed by atoms with Gasteiger partial charge in [-0.25, -0.2) is 0 Å². The molecule has 2 fully saturated rings. The molecule has 0 N–H and O–H groups in total. The predicted octanol–water partition coefficient (Wildman–Crippen LogP) is 2.54. The molecule has 1 aromatic carbocycles. The Morgan fingerprint density at radius 2 is 1.72 bits per heavy atom. The molecular formula is C18H21ClN2O4. The van der Waals surface area contributed by atoms with Crippen LogP contribution >= 0.6 is 11.6 Å². The van der Waals surface area contributed by atoms with E-state index in [1.165, 1.54) is 0 Å². The number of ether oxygens (including phenoxy) is 2. The second-order valence-electron chi connectivity index (χ2n) is 6.79. The number of amides is 2. The van der Waals surface area contributed by atoms with Crippen molar-refractivity contribution in [2.75, 3.05) is 33.0 Å². The number of benzene rings is 1. The first-order valence-electron chi connectivity index (χ1n) is 8.80. The number of halogens is 1. The third-order valence-electron chi connectivity index (χ3n) is 5.22. The van der Waals surface area contributed by atoms with Gasteiger partial charge in [0.15, 0.2) is 11.5 Å². The predicted molar refractivity (Wildman–Crippen MR) is 92.0 cm³/mol. The van der Waals surface area contributed by atoms with Crippen LogP contribution in [-0.2, 0) is 4.79 Å². The summed E-state index contributed by atoms with van der Waals surface area (Å²) in [6.07, 6.45) is 3.65. The van der Waals surface area contributed by atoms with Crippen LogP contribution in [0.15, 0.2) is 12.1 Å². The quantitative estimate of drug-likeness (QED) is 0.809. The molecule has 25 heavy (non-hydrogen) atoms. The van der Waals surface area contributed by atoms with Crippen LogP contribution < -0.4 is 9.47 Å². The molecule has 0 radical (unpaired) electrons. The number of likely N-dealkylation sites (tertiary alicyclic amines) is 2. The number of fused-ring (bicyclic) bond motifs is 1. The lowest BCUT2D eigenvalue weighted by atomic mass is 9.95. The van der Waals surface area contributed by atoms with Gasteiger partial charge in [0.05, 0.1) is 5.02 Å². The first-order chi connectivity index (χ1) is 12.1. The fourth-order valence-corrected chi connectivity index (χ4v) is 4.06. The van der Waals surface area contributed by atoms with Crippen molar-refractivity contribution in [1.29, 1.82) is 0 Å². The number of hydrogen-bond acceptors (Lipinski definition) is 4. The molecule has 0 atom stereocenters. The highest BCUT2D eigenvalue weighted by Gasteiger charge is 2.32. The Morgan fingerprint density at radius 3 is 2.44 bits per heavy atom. The second kappa shape index (κ2) is 6.75. The second-order valence-corrected chi connectivity index (χ2v) is 7.20. The Balaban J connectivity index is 1.40. The number of carbonyl (C=O) groups excluding carboxylic acids is 2. The van der Waals surface area contributed by atoms with Gasteiger partial charge in [-0.05, 0) is 37.8 Å². The van der Waals surface area contributed by atoms with Crippen molar-refractivity contribution in [1.82, 2.24) is 9.80 Å². The van der Waals surface area contributed by atoms with Gasteiger partial charge in [0.1, 0.15) is 0 Å². The molecule has 0 bridgehead atoms. The lowest BCUT2D eigenvalue weighted by Gasteiger charge is -2.33. The van der Waals surface area contributed by atoms with Gasteiger partial charge in [0, 0.05) is 37.7 Å². The van der Waals surface area contributed by atoms with Gasteiger partial charge in [-0.3, -0.25) is 9.59 Å². The van der Waals surface area contributed by atoms with Crippen molar-refractivity contribution in [3.05, 3.63) is 22.7 Å². The minimum Gasteiger partial charge on any atom is -0.454 e. The molecule has 0 saturated carbocycles. The molecule has 134 valence electrons. The summed E-state index contributed by atoms with van der Waals surface area (Å²) >= 11 is 6.17. The molecule has 0 unspecified atom stereocenters. The molecule has 0 spiro atoms. The lowest BCUT2D eigenvalue weighted by molar-refractivity contribution is -0.135. The number of piperidine rings is 1. The van der Waals surface area contributed by atoms with E-state index in [2.05, 4.69) is 0 Å².